The largest absolute Gasteiger partial charge is 0.497 e. The van der Waals surface area contributed by atoms with Crippen LogP contribution in [0.4, 0.5) is 0 Å². The van der Waals surface area contributed by atoms with Crippen LogP contribution in [0.5, 0.6) is 11.5 Å². The number of ether oxygens (including phenoxy) is 2. The van der Waals surface area contributed by atoms with Crippen molar-refractivity contribution in [2.45, 2.75) is 32.0 Å². The van der Waals surface area contributed by atoms with E-state index in [9.17, 15) is 4.79 Å². The summed E-state index contributed by atoms with van der Waals surface area (Å²) < 4.78 is 19.1. The molecule has 0 spiro atoms. The second-order valence-corrected chi connectivity index (χ2v) is 10.5. The number of nitrogens with one attached hydrogen (secondary N) is 1. The molecule has 4 aromatic carbocycles. The topological polar surface area (TPSA) is 65.6 Å². The van der Waals surface area contributed by atoms with Gasteiger partial charge in [-0.15, -0.1) is 0 Å². The Morgan fingerprint density at radius 2 is 1.56 bits per heavy atom. The van der Waals surface area contributed by atoms with E-state index in [2.05, 4.69) is 64.6 Å². The lowest BCUT2D eigenvalue weighted by Crippen LogP contribution is -2.24. The molecule has 1 amide bonds. The van der Waals surface area contributed by atoms with Gasteiger partial charge in [0.1, 0.15) is 23.9 Å². The second-order valence-electron chi connectivity index (χ2n) is 10.5. The number of hydrogen-bond acceptors (Lipinski definition) is 4. The molecule has 0 aliphatic carbocycles. The fourth-order valence-corrected chi connectivity index (χ4v) is 5.41. The van der Waals surface area contributed by atoms with Gasteiger partial charge in [0, 0.05) is 36.0 Å². The Kier molecular flexibility index (Phi) is 8.55. The quantitative estimate of drug-likeness (QED) is 0.164. The first kappa shape index (κ1) is 27.9. The number of fused-ring (bicyclic) bond motifs is 1. The molecule has 216 valence electrons. The minimum Gasteiger partial charge on any atom is -0.497 e. The van der Waals surface area contributed by atoms with Crippen molar-refractivity contribution in [2.75, 3.05) is 7.11 Å². The highest BCUT2D eigenvalue weighted by Gasteiger charge is 2.23. The molecule has 0 aliphatic heterocycles. The summed E-state index contributed by atoms with van der Waals surface area (Å²) in [6.45, 7) is 1.55. The van der Waals surface area contributed by atoms with Gasteiger partial charge in [-0.1, -0.05) is 72.8 Å². The van der Waals surface area contributed by atoms with Crippen LogP contribution in [0.1, 0.15) is 40.4 Å². The van der Waals surface area contributed by atoms with Gasteiger partial charge in [-0.25, -0.2) is 0 Å². The van der Waals surface area contributed by atoms with Crippen LogP contribution in [0, 0.1) is 0 Å². The fraction of sp³-hybridized carbons (Fsp3) is 0.162. The Morgan fingerprint density at radius 1 is 0.814 bits per heavy atom. The number of hydrogen-bond donors (Lipinski definition) is 1. The standard InChI is InChI=1S/C37H34N2O4/c1-41-30-17-13-27(14-18-30)24-39-25-35(33-11-5-6-12-36(33)39)34(22-37(40)38-23-32-10-7-21-42-32)29-15-19-31(20-16-29)43-26-28-8-3-2-4-9-28/h2-21,25,34H,22-24,26H2,1H3,(H,38,40)/t34-/m0/s1. The molecule has 0 bridgehead atoms. The highest BCUT2D eigenvalue weighted by Crippen LogP contribution is 2.36. The zero-order valence-corrected chi connectivity index (χ0v) is 24.1. The number of nitrogens with zero attached hydrogens (tertiary/aromatic N) is 1. The van der Waals surface area contributed by atoms with Gasteiger partial charge in [0.15, 0.2) is 0 Å². The monoisotopic (exact) mass is 570 g/mol. The lowest BCUT2D eigenvalue weighted by atomic mass is 9.88. The number of methoxy groups -OCH3 is 1. The summed E-state index contributed by atoms with van der Waals surface area (Å²) in [5.41, 5.74) is 5.56. The van der Waals surface area contributed by atoms with E-state index in [-0.39, 0.29) is 11.8 Å². The Hall–Kier alpha value is -5.23. The lowest BCUT2D eigenvalue weighted by Gasteiger charge is -2.18. The fourth-order valence-electron chi connectivity index (χ4n) is 5.41. The number of carbonyl (C=O) groups is 1. The molecule has 43 heavy (non-hydrogen) atoms. The molecular formula is C37H34N2O4. The molecule has 6 nitrogen and oxygen atoms in total. The van der Waals surface area contributed by atoms with Crippen molar-refractivity contribution in [2.24, 2.45) is 0 Å². The first-order valence-electron chi connectivity index (χ1n) is 14.4. The Balaban J connectivity index is 1.30. The maximum absolute atomic E-state index is 13.3. The van der Waals surface area contributed by atoms with E-state index < -0.39 is 0 Å². The summed E-state index contributed by atoms with van der Waals surface area (Å²) in [5.74, 6) is 2.13. The highest BCUT2D eigenvalue weighted by atomic mass is 16.5. The molecular weight excluding hydrogens is 536 g/mol. The Bertz CT molecular complexity index is 1760. The number of amides is 1. The summed E-state index contributed by atoms with van der Waals surface area (Å²) in [7, 11) is 1.67. The summed E-state index contributed by atoms with van der Waals surface area (Å²) in [6, 6.07) is 38.4. The number of furan rings is 1. The minimum atomic E-state index is -0.165. The van der Waals surface area contributed by atoms with Crippen molar-refractivity contribution in [1.82, 2.24) is 9.88 Å². The summed E-state index contributed by atoms with van der Waals surface area (Å²) >= 11 is 0. The van der Waals surface area contributed by atoms with Gasteiger partial charge in [0.2, 0.25) is 5.91 Å². The number of benzene rings is 4. The van der Waals surface area contributed by atoms with Crippen LogP contribution in [0.15, 0.2) is 132 Å². The van der Waals surface area contributed by atoms with E-state index in [4.69, 9.17) is 13.9 Å². The SMILES string of the molecule is COc1ccc(Cn2cc([C@@H](CC(=O)NCc3ccco3)c3ccc(OCc4ccccc4)cc3)c3ccccc32)cc1. The highest BCUT2D eigenvalue weighted by molar-refractivity contribution is 5.87. The molecule has 0 aliphatic rings. The zero-order valence-electron chi connectivity index (χ0n) is 24.1. The van der Waals surface area contributed by atoms with Crippen molar-refractivity contribution in [3.8, 4) is 11.5 Å². The van der Waals surface area contributed by atoms with Crippen LogP contribution in [0.2, 0.25) is 0 Å². The predicted octanol–water partition coefficient (Wildman–Crippen LogP) is 7.71. The van der Waals surface area contributed by atoms with Crippen molar-refractivity contribution in [1.29, 1.82) is 0 Å². The van der Waals surface area contributed by atoms with Crippen molar-refractivity contribution in [3.63, 3.8) is 0 Å². The molecule has 6 aromatic rings. The van der Waals surface area contributed by atoms with Gasteiger partial charge < -0.3 is 23.8 Å². The van der Waals surface area contributed by atoms with Crippen LogP contribution in [-0.2, 0) is 24.5 Å². The zero-order chi connectivity index (χ0) is 29.4. The molecule has 1 atom stereocenters. The van der Waals surface area contributed by atoms with E-state index in [1.54, 1.807) is 13.4 Å². The number of aromatic nitrogens is 1. The van der Waals surface area contributed by atoms with E-state index in [0.717, 1.165) is 44.9 Å². The third kappa shape index (κ3) is 6.81. The van der Waals surface area contributed by atoms with Crippen LogP contribution in [0.25, 0.3) is 10.9 Å². The van der Waals surface area contributed by atoms with Crippen molar-refractivity contribution >= 4 is 16.8 Å². The van der Waals surface area contributed by atoms with Crippen LogP contribution < -0.4 is 14.8 Å². The average molecular weight is 571 g/mol. The molecule has 0 saturated carbocycles. The lowest BCUT2D eigenvalue weighted by molar-refractivity contribution is -0.121. The van der Waals surface area contributed by atoms with E-state index in [1.807, 2.05) is 66.7 Å². The van der Waals surface area contributed by atoms with Crippen LogP contribution in [0.3, 0.4) is 0 Å². The summed E-state index contributed by atoms with van der Waals surface area (Å²) in [6.07, 6.45) is 4.10. The van der Waals surface area contributed by atoms with Crippen molar-refractivity contribution in [3.05, 3.63) is 156 Å². The number of para-hydroxylation sites is 1. The normalized spacial score (nSPS) is 11.7. The average Bonchev–Trinajstić information content (AvgIpc) is 3.71. The van der Waals surface area contributed by atoms with Crippen LogP contribution in [-0.4, -0.2) is 17.6 Å². The number of carbonyl (C=O) groups excluding carboxylic acids is 1. The van der Waals surface area contributed by atoms with Gasteiger partial charge in [-0.2, -0.15) is 0 Å². The predicted molar refractivity (Wildman–Crippen MR) is 168 cm³/mol. The molecule has 0 fully saturated rings. The van der Waals surface area contributed by atoms with Gasteiger partial charge >= 0.3 is 0 Å². The molecule has 0 unspecified atom stereocenters. The molecule has 6 heteroatoms. The molecule has 0 saturated heterocycles. The maximum atomic E-state index is 13.3. The third-order valence-corrected chi connectivity index (χ3v) is 7.67. The van der Waals surface area contributed by atoms with Crippen molar-refractivity contribution < 1.29 is 18.7 Å². The maximum Gasteiger partial charge on any atom is 0.221 e. The second kappa shape index (κ2) is 13.2. The van der Waals surface area contributed by atoms with E-state index in [0.29, 0.717) is 26.1 Å². The van der Waals surface area contributed by atoms with E-state index in [1.165, 1.54) is 5.56 Å². The Morgan fingerprint density at radius 3 is 2.30 bits per heavy atom. The van der Waals surface area contributed by atoms with Gasteiger partial charge in [0.25, 0.3) is 0 Å². The molecule has 0 radical (unpaired) electrons. The van der Waals surface area contributed by atoms with Gasteiger partial charge in [-0.05, 0) is 64.7 Å². The number of rotatable bonds is 12. The van der Waals surface area contributed by atoms with Gasteiger partial charge in [-0.3, -0.25) is 4.79 Å². The molecule has 2 heterocycles. The molecule has 1 N–H and O–H groups in total. The Labute approximate surface area is 251 Å². The summed E-state index contributed by atoms with van der Waals surface area (Å²) in [4.78, 5) is 13.3. The summed E-state index contributed by atoms with van der Waals surface area (Å²) in [5, 5.41) is 4.16. The van der Waals surface area contributed by atoms with Crippen LogP contribution >= 0.6 is 0 Å². The smallest absolute Gasteiger partial charge is 0.221 e. The molecule has 6 rings (SSSR count). The van der Waals surface area contributed by atoms with Gasteiger partial charge in [0.05, 0.1) is 19.9 Å². The first-order valence-corrected chi connectivity index (χ1v) is 14.4. The first-order chi connectivity index (χ1) is 21.2. The third-order valence-electron chi connectivity index (χ3n) is 7.67. The minimum absolute atomic E-state index is 0.0437. The molecule has 2 aromatic heterocycles. The van der Waals surface area contributed by atoms with E-state index >= 15 is 0 Å².